The molecule has 0 aliphatic rings. The lowest BCUT2D eigenvalue weighted by atomic mass is 10.0. The van der Waals surface area contributed by atoms with Crippen LogP contribution in [0.3, 0.4) is 0 Å². The number of carboxylic acid groups (broad SMARTS) is 2. The van der Waals surface area contributed by atoms with Gasteiger partial charge in [-0.05, 0) is 74.0 Å². The molecule has 0 bridgehead atoms. The third-order valence-corrected chi connectivity index (χ3v) is 6.58. The highest BCUT2D eigenvalue weighted by atomic mass is 35.5. The van der Waals surface area contributed by atoms with E-state index in [1.165, 1.54) is 17.8 Å². The van der Waals surface area contributed by atoms with Crippen LogP contribution in [0, 0.1) is 6.92 Å². The molecule has 0 aliphatic carbocycles. The van der Waals surface area contributed by atoms with Crippen LogP contribution in [0.25, 0.3) is 0 Å². The van der Waals surface area contributed by atoms with Gasteiger partial charge in [-0.1, -0.05) is 17.7 Å². The molecule has 0 saturated carbocycles. The number of carbonyl (C=O) groups is 4. The third-order valence-electron chi connectivity index (χ3n) is 5.06. The first-order valence-electron chi connectivity index (χ1n) is 10.3. The summed E-state index contributed by atoms with van der Waals surface area (Å²) in [6.45, 7) is 3.59. The average molecular weight is 513 g/mol. The summed E-state index contributed by atoms with van der Waals surface area (Å²) in [6.07, 6.45) is 0. The van der Waals surface area contributed by atoms with Crippen LogP contribution < -0.4 is 10.6 Å². The van der Waals surface area contributed by atoms with Gasteiger partial charge >= 0.3 is 11.9 Å². The molecule has 0 heterocycles. The van der Waals surface area contributed by atoms with Crippen molar-refractivity contribution in [2.75, 3.05) is 10.6 Å². The topological polar surface area (TPSA) is 133 Å². The van der Waals surface area contributed by atoms with E-state index in [2.05, 4.69) is 10.6 Å². The van der Waals surface area contributed by atoms with Crippen LogP contribution in [0.5, 0.6) is 0 Å². The highest BCUT2D eigenvalue weighted by Crippen LogP contribution is 2.28. The molecule has 10 heteroatoms. The number of rotatable bonds is 8. The fraction of sp³-hybridized carbons (Fsp3) is 0.120. The lowest BCUT2D eigenvalue weighted by Crippen LogP contribution is -2.22. The quantitative estimate of drug-likeness (QED) is 0.296. The molecule has 0 aromatic heterocycles. The molecule has 0 radical (unpaired) electrons. The van der Waals surface area contributed by atoms with Crippen molar-refractivity contribution < 1.29 is 29.4 Å². The second-order valence-corrected chi connectivity index (χ2v) is 9.33. The van der Waals surface area contributed by atoms with E-state index in [9.17, 15) is 24.3 Å². The molecule has 1 unspecified atom stereocenters. The van der Waals surface area contributed by atoms with Gasteiger partial charge in [0.05, 0.1) is 21.9 Å². The van der Waals surface area contributed by atoms with Gasteiger partial charge in [0, 0.05) is 21.3 Å². The Morgan fingerprint density at radius 2 is 1.57 bits per heavy atom. The Hall–Kier alpha value is -3.82. The molecule has 35 heavy (non-hydrogen) atoms. The molecule has 1 atom stereocenters. The number of nitrogens with one attached hydrogen (secondary N) is 2. The monoisotopic (exact) mass is 512 g/mol. The minimum Gasteiger partial charge on any atom is -0.478 e. The van der Waals surface area contributed by atoms with Crippen molar-refractivity contribution in [2.45, 2.75) is 24.0 Å². The van der Waals surface area contributed by atoms with Gasteiger partial charge in [-0.2, -0.15) is 0 Å². The fourth-order valence-electron chi connectivity index (χ4n) is 3.10. The number of amides is 2. The first kappa shape index (κ1) is 25.8. The van der Waals surface area contributed by atoms with Crippen LogP contribution in [0.1, 0.15) is 43.6 Å². The summed E-state index contributed by atoms with van der Waals surface area (Å²) >= 11 is 7.43. The normalized spacial score (nSPS) is 11.4. The van der Waals surface area contributed by atoms with Crippen LogP contribution in [0.2, 0.25) is 5.02 Å². The minimum absolute atomic E-state index is 0.164. The lowest BCUT2D eigenvalue weighted by Gasteiger charge is -2.14. The lowest BCUT2D eigenvalue weighted by molar-refractivity contribution is -0.115. The predicted molar refractivity (Wildman–Crippen MR) is 135 cm³/mol. The molecule has 4 N–H and O–H groups in total. The van der Waals surface area contributed by atoms with Gasteiger partial charge in [0.1, 0.15) is 0 Å². The Morgan fingerprint density at radius 1 is 0.886 bits per heavy atom. The number of carbonyl (C=O) groups excluding carboxylic acids is 2. The standard InChI is InChI=1S/C25H21ClN2O6S/c1-13-20(26)4-3-5-21(13)28-22(29)14(2)35-17-9-7-16(8-10-17)27-23(30)18-11-6-15(24(31)32)12-19(18)25(33)34/h3-12,14H,1-2H3,(H,27,30)(H,28,29)(H,31,32)(H,33,34). The molecule has 3 aromatic rings. The van der Waals surface area contributed by atoms with Gasteiger partial charge in [-0.3, -0.25) is 9.59 Å². The third kappa shape index (κ3) is 6.40. The second kappa shape index (κ2) is 11.1. The highest BCUT2D eigenvalue weighted by Gasteiger charge is 2.20. The molecular formula is C25H21ClN2O6S. The van der Waals surface area contributed by atoms with E-state index in [4.69, 9.17) is 16.7 Å². The predicted octanol–water partition coefficient (Wildman–Crippen LogP) is 5.42. The number of halogens is 1. The molecular weight excluding hydrogens is 492 g/mol. The van der Waals surface area contributed by atoms with Crippen LogP contribution in [-0.4, -0.2) is 39.2 Å². The summed E-state index contributed by atoms with van der Waals surface area (Å²) in [5.41, 5.74) is 1.02. The highest BCUT2D eigenvalue weighted by molar-refractivity contribution is 8.00. The summed E-state index contributed by atoms with van der Waals surface area (Å²) in [5.74, 6) is -3.59. The molecule has 0 fully saturated rings. The average Bonchev–Trinajstić information content (AvgIpc) is 2.82. The molecule has 180 valence electrons. The van der Waals surface area contributed by atoms with E-state index < -0.39 is 28.7 Å². The summed E-state index contributed by atoms with van der Waals surface area (Å²) in [6, 6.07) is 15.2. The van der Waals surface area contributed by atoms with Gasteiger partial charge < -0.3 is 20.8 Å². The van der Waals surface area contributed by atoms with E-state index in [0.29, 0.717) is 16.4 Å². The van der Waals surface area contributed by atoms with Crippen molar-refractivity contribution in [1.82, 2.24) is 0 Å². The molecule has 3 rings (SSSR count). The number of hydrogen-bond donors (Lipinski definition) is 4. The Morgan fingerprint density at radius 3 is 2.20 bits per heavy atom. The van der Waals surface area contributed by atoms with Crippen molar-refractivity contribution in [3.63, 3.8) is 0 Å². The maximum atomic E-state index is 12.6. The van der Waals surface area contributed by atoms with Crippen LogP contribution in [0.4, 0.5) is 11.4 Å². The maximum Gasteiger partial charge on any atom is 0.336 e. The van der Waals surface area contributed by atoms with Crippen molar-refractivity contribution >= 4 is 58.5 Å². The van der Waals surface area contributed by atoms with E-state index in [1.807, 2.05) is 6.92 Å². The summed E-state index contributed by atoms with van der Waals surface area (Å²) in [4.78, 5) is 48.6. The summed E-state index contributed by atoms with van der Waals surface area (Å²) in [7, 11) is 0. The van der Waals surface area contributed by atoms with Gasteiger partial charge in [0.25, 0.3) is 5.91 Å². The summed E-state index contributed by atoms with van der Waals surface area (Å²) < 4.78 is 0. The largest absolute Gasteiger partial charge is 0.478 e. The number of carboxylic acids is 2. The Labute approximate surface area is 210 Å². The summed E-state index contributed by atoms with van der Waals surface area (Å²) in [5, 5.41) is 24.0. The Balaban J connectivity index is 1.65. The van der Waals surface area contributed by atoms with E-state index in [-0.39, 0.29) is 17.0 Å². The van der Waals surface area contributed by atoms with Crippen LogP contribution in [0.15, 0.2) is 65.6 Å². The second-order valence-electron chi connectivity index (χ2n) is 7.51. The van der Waals surface area contributed by atoms with Crippen LogP contribution in [-0.2, 0) is 4.79 Å². The number of hydrogen-bond acceptors (Lipinski definition) is 5. The van der Waals surface area contributed by atoms with E-state index in [1.54, 1.807) is 49.4 Å². The number of thioether (sulfide) groups is 1. The van der Waals surface area contributed by atoms with Crippen LogP contribution >= 0.6 is 23.4 Å². The maximum absolute atomic E-state index is 12.6. The smallest absolute Gasteiger partial charge is 0.336 e. The Bertz CT molecular complexity index is 1310. The molecule has 0 saturated heterocycles. The van der Waals surface area contributed by atoms with Crippen molar-refractivity contribution in [3.05, 3.63) is 87.9 Å². The minimum atomic E-state index is -1.41. The number of benzene rings is 3. The van der Waals surface area contributed by atoms with Crippen molar-refractivity contribution in [1.29, 1.82) is 0 Å². The number of anilines is 2. The molecule has 8 nitrogen and oxygen atoms in total. The van der Waals surface area contributed by atoms with E-state index >= 15 is 0 Å². The van der Waals surface area contributed by atoms with Gasteiger partial charge in [-0.15, -0.1) is 11.8 Å². The van der Waals surface area contributed by atoms with Crippen molar-refractivity contribution in [3.8, 4) is 0 Å². The first-order chi connectivity index (χ1) is 16.6. The Kier molecular flexibility index (Phi) is 8.16. The molecule has 0 aliphatic heterocycles. The first-order valence-corrected chi connectivity index (χ1v) is 11.6. The van der Waals surface area contributed by atoms with Gasteiger partial charge in [0.2, 0.25) is 5.91 Å². The van der Waals surface area contributed by atoms with E-state index in [0.717, 1.165) is 22.6 Å². The molecule has 2 amide bonds. The zero-order chi connectivity index (χ0) is 25.7. The zero-order valence-electron chi connectivity index (χ0n) is 18.7. The van der Waals surface area contributed by atoms with Gasteiger partial charge in [-0.25, -0.2) is 9.59 Å². The molecule has 3 aromatic carbocycles. The zero-order valence-corrected chi connectivity index (χ0v) is 20.2. The SMILES string of the molecule is Cc1c(Cl)cccc1NC(=O)C(C)Sc1ccc(NC(=O)c2ccc(C(=O)O)cc2C(=O)O)cc1. The number of aromatic carboxylic acids is 2. The van der Waals surface area contributed by atoms with Crippen molar-refractivity contribution in [2.24, 2.45) is 0 Å². The molecule has 0 spiro atoms. The van der Waals surface area contributed by atoms with Gasteiger partial charge in [0.15, 0.2) is 0 Å². The fourth-order valence-corrected chi connectivity index (χ4v) is 4.14.